The largest absolute Gasteiger partial charge is 0.456 e. The van der Waals surface area contributed by atoms with Crippen molar-refractivity contribution >= 4 is 17.3 Å². The van der Waals surface area contributed by atoms with Crippen molar-refractivity contribution in [1.29, 1.82) is 0 Å². The number of carbonyl (C=O) groups excluding carboxylic acids is 1. The van der Waals surface area contributed by atoms with Crippen molar-refractivity contribution in [2.24, 2.45) is 0 Å². The maximum absolute atomic E-state index is 11.8. The van der Waals surface area contributed by atoms with Crippen LogP contribution in [0.3, 0.4) is 0 Å². The van der Waals surface area contributed by atoms with E-state index in [0.29, 0.717) is 23.5 Å². The van der Waals surface area contributed by atoms with Crippen molar-refractivity contribution in [3.05, 3.63) is 23.8 Å². The lowest BCUT2D eigenvalue weighted by Crippen LogP contribution is -2.28. The normalized spacial score (nSPS) is 19.9. The third-order valence-corrected chi connectivity index (χ3v) is 2.61. The number of hydrogen-bond donors (Lipinski definition) is 2. The van der Waals surface area contributed by atoms with E-state index in [9.17, 15) is 4.79 Å². The summed E-state index contributed by atoms with van der Waals surface area (Å²) in [6.07, 6.45) is 1.58. The van der Waals surface area contributed by atoms with E-state index in [2.05, 4.69) is 0 Å². The van der Waals surface area contributed by atoms with E-state index >= 15 is 0 Å². The van der Waals surface area contributed by atoms with Crippen LogP contribution in [0.1, 0.15) is 23.2 Å². The molecule has 0 aliphatic carbocycles. The van der Waals surface area contributed by atoms with Gasteiger partial charge in [-0.25, -0.2) is 4.79 Å². The second kappa shape index (κ2) is 5.05. The van der Waals surface area contributed by atoms with Crippen LogP contribution >= 0.6 is 0 Å². The molecule has 1 aromatic carbocycles. The zero-order valence-electron chi connectivity index (χ0n) is 9.52. The molecule has 1 aliphatic rings. The first-order valence-electron chi connectivity index (χ1n) is 5.60. The van der Waals surface area contributed by atoms with Gasteiger partial charge in [-0.05, 0) is 31.0 Å². The van der Waals surface area contributed by atoms with E-state index in [1.807, 2.05) is 0 Å². The number of nitrogens with two attached hydrogens (primary N) is 2. The van der Waals surface area contributed by atoms with Crippen molar-refractivity contribution < 1.29 is 14.3 Å². The van der Waals surface area contributed by atoms with Crippen LogP contribution < -0.4 is 11.5 Å². The first-order chi connectivity index (χ1) is 8.15. The van der Waals surface area contributed by atoms with Crippen LogP contribution in [-0.2, 0) is 9.47 Å². The second-order valence-corrected chi connectivity index (χ2v) is 4.13. The van der Waals surface area contributed by atoms with Crippen molar-refractivity contribution in [1.82, 2.24) is 0 Å². The third-order valence-electron chi connectivity index (χ3n) is 2.61. The highest BCUT2D eigenvalue weighted by Crippen LogP contribution is 2.17. The molecule has 5 heteroatoms. The maximum atomic E-state index is 11.8. The Bertz CT molecular complexity index is 394. The molecule has 1 aliphatic heterocycles. The van der Waals surface area contributed by atoms with Crippen molar-refractivity contribution in [2.75, 3.05) is 24.7 Å². The highest BCUT2D eigenvalue weighted by molar-refractivity contribution is 5.91. The molecule has 4 N–H and O–H groups in total. The molecule has 17 heavy (non-hydrogen) atoms. The Kier molecular flexibility index (Phi) is 3.49. The summed E-state index contributed by atoms with van der Waals surface area (Å²) >= 11 is 0. The fourth-order valence-electron chi connectivity index (χ4n) is 1.82. The average molecular weight is 236 g/mol. The average Bonchev–Trinajstić information content (AvgIpc) is 2.29. The number of rotatable bonds is 2. The van der Waals surface area contributed by atoms with Gasteiger partial charge in [0.15, 0.2) is 0 Å². The minimum absolute atomic E-state index is 0.168. The summed E-state index contributed by atoms with van der Waals surface area (Å²) in [5.74, 6) is -0.403. The van der Waals surface area contributed by atoms with Gasteiger partial charge < -0.3 is 20.9 Å². The minimum atomic E-state index is -0.403. The van der Waals surface area contributed by atoms with Gasteiger partial charge in [-0.3, -0.25) is 0 Å². The van der Waals surface area contributed by atoms with Crippen LogP contribution in [0.2, 0.25) is 0 Å². The lowest BCUT2D eigenvalue weighted by Gasteiger charge is -2.22. The molecule has 1 aromatic rings. The van der Waals surface area contributed by atoms with Gasteiger partial charge >= 0.3 is 5.97 Å². The Labute approximate surface area is 99.7 Å². The maximum Gasteiger partial charge on any atom is 0.338 e. The number of hydrogen-bond acceptors (Lipinski definition) is 5. The number of esters is 1. The van der Waals surface area contributed by atoms with Crippen LogP contribution in [0.5, 0.6) is 0 Å². The third kappa shape index (κ3) is 3.10. The summed E-state index contributed by atoms with van der Waals surface area (Å²) in [4.78, 5) is 11.8. The number of anilines is 2. The second-order valence-electron chi connectivity index (χ2n) is 4.13. The zero-order chi connectivity index (χ0) is 12.3. The molecular formula is C12H16N2O3. The monoisotopic (exact) mass is 236 g/mol. The fourth-order valence-corrected chi connectivity index (χ4v) is 1.82. The van der Waals surface area contributed by atoms with E-state index in [4.69, 9.17) is 20.9 Å². The molecular weight excluding hydrogens is 220 g/mol. The summed E-state index contributed by atoms with van der Waals surface area (Å²) in [5, 5.41) is 0. The molecule has 0 saturated carbocycles. The molecule has 0 radical (unpaired) electrons. The quantitative estimate of drug-likeness (QED) is 0.594. The predicted molar refractivity (Wildman–Crippen MR) is 64.5 cm³/mol. The minimum Gasteiger partial charge on any atom is -0.456 e. The molecule has 1 unspecified atom stereocenters. The Hall–Kier alpha value is -1.75. The highest BCUT2D eigenvalue weighted by Gasteiger charge is 2.19. The zero-order valence-corrected chi connectivity index (χ0v) is 9.52. The van der Waals surface area contributed by atoms with Crippen molar-refractivity contribution in [3.63, 3.8) is 0 Å². The van der Waals surface area contributed by atoms with Gasteiger partial charge in [0.1, 0.15) is 6.10 Å². The van der Waals surface area contributed by atoms with E-state index < -0.39 is 5.97 Å². The van der Waals surface area contributed by atoms with Crippen molar-refractivity contribution in [2.45, 2.75) is 18.9 Å². The lowest BCUT2D eigenvalue weighted by molar-refractivity contribution is -0.0305. The molecule has 5 nitrogen and oxygen atoms in total. The molecule has 0 bridgehead atoms. The van der Waals surface area contributed by atoms with Gasteiger partial charge in [-0.2, -0.15) is 0 Å². The van der Waals surface area contributed by atoms with Gasteiger partial charge in [0, 0.05) is 18.0 Å². The van der Waals surface area contributed by atoms with Crippen LogP contribution in [0.25, 0.3) is 0 Å². The molecule has 2 rings (SSSR count). The van der Waals surface area contributed by atoms with Gasteiger partial charge in [0.05, 0.1) is 12.2 Å². The number of carbonyl (C=O) groups is 1. The molecule has 1 atom stereocenters. The molecule has 1 saturated heterocycles. The highest BCUT2D eigenvalue weighted by atomic mass is 16.6. The molecule has 1 heterocycles. The Morgan fingerprint density at radius 1 is 1.29 bits per heavy atom. The SMILES string of the molecule is Nc1cc(N)cc(C(=O)OC2CCCOC2)c1. The fraction of sp³-hybridized carbons (Fsp3) is 0.417. The van der Waals surface area contributed by atoms with Gasteiger partial charge in [-0.15, -0.1) is 0 Å². The molecule has 0 amide bonds. The molecule has 0 spiro atoms. The van der Waals surface area contributed by atoms with Crippen LogP contribution in [0.15, 0.2) is 18.2 Å². The Balaban J connectivity index is 2.03. The summed E-state index contributed by atoms with van der Waals surface area (Å²) in [5.41, 5.74) is 12.5. The van der Waals surface area contributed by atoms with Gasteiger partial charge in [0.25, 0.3) is 0 Å². The van der Waals surface area contributed by atoms with Gasteiger partial charge in [0.2, 0.25) is 0 Å². The predicted octanol–water partition coefficient (Wildman–Crippen LogP) is 1.19. The van der Waals surface area contributed by atoms with E-state index in [-0.39, 0.29) is 6.10 Å². The van der Waals surface area contributed by atoms with Crippen LogP contribution in [0.4, 0.5) is 11.4 Å². The topological polar surface area (TPSA) is 87.6 Å². The number of benzene rings is 1. The number of nitrogen functional groups attached to an aromatic ring is 2. The van der Waals surface area contributed by atoms with Crippen LogP contribution in [0, 0.1) is 0 Å². The molecule has 92 valence electrons. The smallest absolute Gasteiger partial charge is 0.338 e. The number of ether oxygens (including phenoxy) is 2. The van der Waals surface area contributed by atoms with Crippen molar-refractivity contribution in [3.8, 4) is 0 Å². The van der Waals surface area contributed by atoms with Crippen LogP contribution in [-0.4, -0.2) is 25.3 Å². The molecule has 1 fully saturated rings. The Morgan fingerprint density at radius 2 is 2.00 bits per heavy atom. The van der Waals surface area contributed by atoms with E-state index in [0.717, 1.165) is 19.4 Å². The van der Waals surface area contributed by atoms with E-state index in [1.54, 1.807) is 18.2 Å². The summed E-state index contributed by atoms with van der Waals surface area (Å²) in [7, 11) is 0. The summed E-state index contributed by atoms with van der Waals surface area (Å²) < 4.78 is 10.6. The Morgan fingerprint density at radius 3 is 2.59 bits per heavy atom. The standard InChI is InChI=1S/C12H16N2O3/c13-9-4-8(5-10(14)6-9)12(15)17-11-2-1-3-16-7-11/h4-6,11H,1-3,7,13-14H2. The summed E-state index contributed by atoms with van der Waals surface area (Å²) in [6.45, 7) is 1.20. The molecule has 0 aromatic heterocycles. The lowest BCUT2D eigenvalue weighted by atomic mass is 10.1. The first-order valence-corrected chi connectivity index (χ1v) is 5.60. The summed E-state index contributed by atoms with van der Waals surface area (Å²) in [6, 6.07) is 4.71. The first kappa shape index (κ1) is 11.7. The van der Waals surface area contributed by atoms with E-state index in [1.165, 1.54) is 0 Å². The van der Waals surface area contributed by atoms with Gasteiger partial charge in [-0.1, -0.05) is 0 Å².